The molecule has 1 aromatic carbocycles. The number of benzene rings is 1. The first kappa shape index (κ1) is 9.97. The minimum absolute atomic E-state index is 0.183. The van der Waals surface area contributed by atoms with Gasteiger partial charge in [0.1, 0.15) is 5.82 Å². The van der Waals surface area contributed by atoms with E-state index < -0.39 is 6.04 Å². The predicted octanol–water partition coefficient (Wildman–Crippen LogP) is 1.87. The van der Waals surface area contributed by atoms with Gasteiger partial charge in [0.15, 0.2) is 0 Å². The molecule has 0 fully saturated rings. The molecule has 0 aromatic heterocycles. The van der Waals surface area contributed by atoms with Crippen molar-refractivity contribution in [2.75, 3.05) is 0 Å². The predicted molar refractivity (Wildman–Crippen MR) is 48.7 cm³/mol. The first-order chi connectivity index (χ1) is 6.13. The molecule has 1 rings (SSSR count). The van der Waals surface area contributed by atoms with Gasteiger partial charge in [0.2, 0.25) is 0 Å². The van der Waals surface area contributed by atoms with Crippen LogP contribution in [0.1, 0.15) is 5.56 Å². The highest BCUT2D eigenvalue weighted by atomic mass is 35.5. The first-order valence-corrected chi connectivity index (χ1v) is 4.10. The SMILES string of the molecule is N#CC(N)Cc1cc(Cl)ccc1F. The van der Waals surface area contributed by atoms with Crippen LogP contribution in [0.15, 0.2) is 18.2 Å². The molecule has 0 aliphatic heterocycles. The lowest BCUT2D eigenvalue weighted by molar-refractivity contribution is 0.603. The lowest BCUT2D eigenvalue weighted by atomic mass is 10.1. The van der Waals surface area contributed by atoms with E-state index in [9.17, 15) is 4.39 Å². The fourth-order valence-electron chi connectivity index (χ4n) is 0.982. The maximum absolute atomic E-state index is 13.0. The molecule has 1 atom stereocenters. The van der Waals surface area contributed by atoms with Gasteiger partial charge >= 0.3 is 0 Å². The topological polar surface area (TPSA) is 49.8 Å². The van der Waals surface area contributed by atoms with Crippen LogP contribution in [-0.2, 0) is 6.42 Å². The van der Waals surface area contributed by atoms with Gasteiger partial charge in [-0.1, -0.05) is 11.6 Å². The minimum Gasteiger partial charge on any atom is -0.316 e. The highest BCUT2D eigenvalue weighted by molar-refractivity contribution is 6.30. The fourth-order valence-corrected chi connectivity index (χ4v) is 1.18. The second-order valence-corrected chi connectivity index (χ2v) is 3.11. The summed E-state index contributed by atoms with van der Waals surface area (Å²) in [7, 11) is 0. The molecule has 1 aromatic rings. The van der Waals surface area contributed by atoms with Gasteiger partial charge in [-0.05, 0) is 23.8 Å². The van der Waals surface area contributed by atoms with Crippen LogP contribution < -0.4 is 5.73 Å². The summed E-state index contributed by atoms with van der Waals surface area (Å²) in [5.41, 5.74) is 5.73. The molecule has 0 spiro atoms. The summed E-state index contributed by atoms with van der Waals surface area (Å²) >= 11 is 5.65. The van der Waals surface area contributed by atoms with Crippen LogP contribution >= 0.6 is 11.6 Å². The monoisotopic (exact) mass is 198 g/mol. The van der Waals surface area contributed by atoms with Crippen LogP contribution in [0.2, 0.25) is 5.02 Å². The molecule has 1 unspecified atom stereocenters. The Labute approximate surface area is 80.7 Å². The third kappa shape index (κ3) is 2.69. The van der Waals surface area contributed by atoms with Crippen molar-refractivity contribution in [2.24, 2.45) is 5.73 Å². The van der Waals surface area contributed by atoms with Crippen LogP contribution in [0.3, 0.4) is 0 Å². The quantitative estimate of drug-likeness (QED) is 0.789. The third-order valence-electron chi connectivity index (χ3n) is 1.61. The number of nitrogens with zero attached hydrogens (tertiary/aromatic N) is 1. The van der Waals surface area contributed by atoms with Crippen molar-refractivity contribution in [2.45, 2.75) is 12.5 Å². The zero-order chi connectivity index (χ0) is 9.84. The molecule has 0 aliphatic rings. The van der Waals surface area contributed by atoms with Crippen LogP contribution in [0.5, 0.6) is 0 Å². The van der Waals surface area contributed by atoms with Crippen molar-refractivity contribution >= 4 is 11.6 Å². The summed E-state index contributed by atoms with van der Waals surface area (Å²) in [6.45, 7) is 0. The third-order valence-corrected chi connectivity index (χ3v) is 1.85. The van der Waals surface area contributed by atoms with E-state index in [0.29, 0.717) is 10.6 Å². The lowest BCUT2D eigenvalue weighted by Gasteiger charge is -2.04. The molecule has 2 N–H and O–H groups in total. The van der Waals surface area contributed by atoms with Gasteiger partial charge in [-0.3, -0.25) is 0 Å². The molecule has 68 valence electrons. The van der Waals surface area contributed by atoms with E-state index in [1.807, 2.05) is 6.07 Å². The molecule has 0 saturated carbocycles. The zero-order valence-electron chi connectivity index (χ0n) is 6.80. The molecular weight excluding hydrogens is 191 g/mol. The highest BCUT2D eigenvalue weighted by Gasteiger charge is 2.07. The zero-order valence-corrected chi connectivity index (χ0v) is 7.55. The van der Waals surface area contributed by atoms with E-state index in [1.54, 1.807) is 0 Å². The summed E-state index contributed by atoms with van der Waals surface area (Å²) in [4.78, 5) is 0. The average Bonchev–Trinajstić information content (AvgIpc) is 2.11. The van der Waals surface area contributed by atoms with E-state index in [2.05, 4.69) is 0 Å². The van der Waals surface area contributed by atoms with Crippen LogP contribution in [0.4, 0.5) is 4.39 Å². The Kier molecular flexibility index (Phi) is 3.24. The number of halogens is 2. The Bertz CT molecular complexity index is 346. The second-order valence-electron chi connectivity index (χ2n) is 2.68. The summed E-state index contributed by atoms with van der Waals surface area (Å²) in [6.07, 6.45) is 0.183. The van der Waals surface area contributed by atoms with E-state index in [4.69, 9.17) is 22.6 Å². The Hall–Kier alpha value is -1.11. The van der Waals surface area contributed by atoms with Crippen LogP contribution in [0.25, 0.3) is 0 Å². The van der Waals surface area contributed by atoms with Gasteiger partial charge in [-0.2, -0.15) is 5.26 Å². The summed E-state index contributed by atoms with van der Waals surface area (Å²) < 4.78 is 13.0. The fraction of sp³-hybridized carbons (Fsp3) is 0.222. The molecule has 2 nitrogen and oxygen atoms in total. The van der Waals surface area contributed by atoms with Gasteiger partial charge in [-0.15, -0.1) is 0 Å². The molecular formula is C9H8ClFN2. The average molecular weight is 199 g/mol. The largest absolute Gasteiger partial charge is 0.316 e. The van der Waals surface area contributed by atoms with E-state index >= 15 is 0 Å². The Morgan fingerprint density at radius 3 is 2.92 bits per heavy atom. The van der Waals surface area contributed by atoms with Gasteiger partial charge < -0.3 is 5.73 Å². The van der Waals surface area contributed by atoms with Crippen LogP contribution in [-0.4, -0.2) is 6.04 Å². The lowest BCUT2D eigenvalue weighted by Crippen LogP contribution is -2.20. The number of rotatable bonds is 2. The van der Waals surface area contributed by atoms with Crippen molar-refractivity contribution in [1.82, 2.24) is 0 Å². The summed E-state index contributed by atoms with van der Waals surface area (Å²) in [6, 6.07) is 5.34. The van der Waals surface area contributed by atoms with Crippen LogP contribution in [0, 0.1) is 17.1 Å². The number of hydrogen-bond acceptors (Lipinski definition) is 2. The number of nitrogens with two attached hydrogens (primary N) is 1. The van der Waals surface area contributed by atoms with Gasteiger partial charge in [0.25, 0.3) is 0 Å². The molecule has 0 saturated heterocycles. The van der Waals surface area contributed by atoms with E-state index in [-0.39, 0.29) is 12.2 Å². The van der Waals surface area contributed by atoms with Crippen molar-refractivity contribution in [3.05, 3.63) is 34.6 Å². The van der Waals surface area contributed by atoms with Crippen molar-refractivity contribution in [3.63, 3.8) is 0 Å². The minimum atomic E-state index is -0.687. The Balaban J connectivity index is 2.88. The standard InChI is InChI=1S/C9H8ClFN2/c10-7-1-2-9(11)6(3-7)4-8(13)5-12/h1-3,8H,4,13H2. The summed E-state index contributed by atoms with van der Waals surface area (Å²) in [5.74, 6) is -0.380. The second kappa shape index (κ2) is 4.22. The van der Waals surface area contributed by atoms with Crippen molar-refractivity contribution in [3.8, 4) is 6.07 Å². The summed E-state index contributed by atoms with van der Waals surface area (Å²) in [5, 5.41) is 8.87. The molecule has 0 radical (unpaired) electrons. The Morgan fingerprint density at radius 1 is 1.62 bits per heavy atom. The highest BCUT2D eigenvalue weighted by Crippen LogP contribution is 2.15. The molecule has 13 heavy (non-hydrogen) atoms. The van der Waals surface area contributed by atoms with Gasteiger partial charge in [-0.25, -0.2) is 4.39 Å². The Morgan fingerprint density at radius 2 is 2.31 bits per heavy atom. The van der Waals surface area contributed by atoms with Crippen molar-refractivity contribution < 1.29 is 4.39 Å². The van der Waals surface area contributed by atoms with Gasteiger partial charge in [0.05, 0.1) is 12.1 Å². The maximum atomic E-state index is 13.0. The van der Waals surface area contributed by atoms with E-state index in [1.165, 1.54) is 18.2 Å². The number of hydrogen-bond donors (Lipinski definition) is 1. The molecule has 0 amide bonds. The van der Waals surface area contributed by atoms with E-state index in [0.717, 1.165) is 0 Å². The number of nitriles is 1. The molecule has 0 bridgehead atoms. The maximum Gasteiger partial charge on any atom is 0.126 e. The molecule has 0 heterocycles. The first-order valence-electron chi connectivity index (χ1n) is 3.72. The molecule has 0 aliphatic carbocycles. The van der Waals surface area contributed by atoms with Crippen molar-refractivity contribution in [1.29, 1.82) is 5.26 Å². The normalized spacial score (nSPS) is 12.2. The van der Waals surface area contributed by atoms with Gasteiger partial charge in [0, 0.05) is 11.4 Å². The molecule has 4 heteroatoms. The smallest absolute Gasteiger partial charge is 0.126 e.